The second kappa shape index (κ2) is 7.96. The second-order valence-corrected chi connectivity index (χ2v) is 5.63. The Labute approximate surface area is 126 Å². The SMILES string of the molecule is CCOC(=O)c1cnc(NCCC2CCCCC2)nc1C. The third kappa shape index (κ3) is 4.69. The van der Waals surface area contributed by atoms with E-state index >= 15 is 0 Å². The quantitative estimate of drug-likeness (QED) is 0.814. The molecule has 0 radical (unpaired) electrons. The first kappa shape index (κ1) is 15.7. The molecule has 1 aliphatic rings. The summed E-state index contributed by atoms with van der Waals surface area (Å²) in [7, 11) is 0. The summed E-state index contributed by atoms with van der Waals surface area (Å²) in [6, 6.07) is 0. The average molecular weight is 291 g/mol. The normalized spacial score (nSPS) is 15.7. The van der Waals surface area contributed by atoms with Crippen molar-refractivity contribution in [2.45, 2.75) is 52.4 Å². The van der Waals surface area contributed by atoms with Crippen LogP contribution in [0, 0.1) is 12.8 Å². The van der Waals surface area contributed by atoms with Gasteiger partial charge in [-0.3, -0.25) is 0 Å². The Morgan fingerprint density at radius 3 is 2.81 bits per heavy atom. The Morgan fingerprint density at radius 1 is 1.38 bits per heavy atom. The summed E-state index contributed by atoms with van der Waals surface area (Å²) in [6.07, 6.45) is 9.54. The topological polar surface area (TPSA) is 64.1 Å². The fourth-order valence-electron chi connectivity index (χ4n) is 2.83. The number of rotatable bonds is 6. The number of anilines is 1. The van der Waals surface area contributed by atoms with Gasteiger partial charge in [-0.2, -0.15) is 0 Å². The van der Waals surface area contributed by atoms with Crippen molar-refractivity contribution in [2.24, 2.45) is 5.92 Å². The number of ether oxygens (including phenoxy) is 1. The van der Waals surface area contributed by atoms with Gasteiger partial charge in [0.15, 0.2) is 0 Å². The molecule has 0 aromatic carbocycles. The highest BCUT2D eigenvalue weighted by atomic mass is 16.5. The number of hydrogen-bond donors (Lipinski definition) is 1. The molecular formula is C16H25N3O2. The average Bonchev–Trinajstić information content (AvgIpc) is 2.48. The molecule has 0 amide bonds. The summed E-state index contributed by atoms with van der Waals surface area (Å²) in [5.41, 5.74) is 1.10. The van der Waals surface area contributed by atoms with E-state index in [1.165, 1.54) is 38.5 Å². The number of carbonyl (C=O) groups is 1. The van der Waals surface area contributed by atoms with Crippen LogP contribution in [0.4, 0.5) is 5.95 Å². The number of esters is 1. The molecular weight excluding hydrogens is 266 g/mol. The summed E-state index contributed by atoms with van der Waals surface area (Å²) in [6.45, 7) is 4.85. The van der Waals surface area contributed by atoms with E-state index in [4.69, 9.17) is 4.74 Å². The summed E-state index contributed by atoms with van der Waals surface area (Å²) < 4.78 is 4.97. The first-order valence-electron chi connectivity index (χ1n) is 7.95. The van der Waals surface area contributed by atoms with E-state index in [1.54, 1.807) is 20.0 Å². The van der Waals surface area contributed by atoms with Crippen molar-refractivity contribution < 1.29 is 9.53 Å². The fourth-order valence-corrected chi connectivity index (χ4v) is 2.83. The minimum Gasteiger partial charge on any atom is -0.462 e. The van der Waals surface area contributed by atoms with Gasteiger partial charge in [-0.05, 0) is 26.2 Å². The van der Waals surface area contributed by atoms with Crippen molar-refractivity contribution in [1.29, 1.82) is 0 Å². The van der Waals surface area contributed by atoms with Crippen LogP contribution in [0.5, 0.6) is 0 Å². The molecule has 0 atom stereocenters. The molecule has 1 aromatic rings. The molecule has 0 spiro atoms. The molecule has 1 aromatic heterocycles. The maximum atomic E-state index is 11.7. The van der Waals surface area contributed by atoms with Crippen LogP contribution in [0.15, 0.2) is 6.20 Å². The van der Waals surface area contributed by atoms with Gasteiger partial charge in [0.05, 0.1) is 17.9 Å². The lowest BCUT2D eigenvalue weighted by atomic mass is 9.87. The molecule has 5 heteroatoms. The van der Waals surface area contributed by atoms with Gasteiger partial charge in [0.2, 0.25) is 5.95 Å². The minimum atomic E-state index is -0.358. The molecule has 0 unspecified atom stereocenters. The van der Waals surface area contributed by atoms with Gasteiger partial charge in [0, 0.05) is 12.7 Å². The van der Waals surface area contributed by atoms with Crippen molar-refractivity contribution in [3.8, 4) is 0 Å². The van der Waals surface area contributed by atoms with Crippen LogP contribution in [-0.4, -0.2) is 29.1 Å². The molecule has 21 heavy (non-hydrogen) atoms. The maximum absolute atomic E-state index is 11.7. The minimum absolute atomic E-state index is 0.358. The van der Waals surface area contributed by atoms with E-state index in [0.29, 0.717) is 23.8 Å². The second-order valence-electron chi connectivity index (χ2n) is 5.63. The molecule has 1 heterocycles. The highest BCUT2D eigenvalue weighted by Gasteiger charge is 2.14. The molecule has 0 saturated heterocycles. The number of nitrogens with one attached hydrogen (secondary N) is 1. The van der Waals surface area contributed by atoms with Crippen molar-refractivity contribution in [2.75, 3.05) is 18.5 Å². The van der Waals surface area contributed by atoms with Gasteiger partial charge in [-0.1, -0.05) is 32.1 Å². The fraction of sp³-hybridized carbons (Fsp3) is 0.688. The molecule has 1 aliphatic carbocycles. The maximum Gasteiger partial charge on any atom is 0.341 e. The van der Waals surface area contributed by atoms with E-state index in [0.717, 1.165) is 12.5 Å². The Hall–Kier alpha value is -1.65. The number of nitrogens with zero attached hydrogens (tertiary/aromatic N) is 2. The van der Waals surface area contributed by atoms with Crippen molar-refractivity contribution in [3.63, 3.8) is 0 Å². The van der Waals surface area contributed by atoms with Gasteiger partial charge in [0.25, 0.3) is 0 Å². The van der Waals surface area contributed by atoms with E-state index < -0.39 is 0 Å². The molecule has 1 N–H and O–H groups in total. The Bertz CT molecular complexity index is 471. The van der Waals surface area contributed by atoms with Crippen molar-refractivity contribution >= 4 is 11.9 Å². The van der Waals surface area contributed by atoms with Gasteiger partial charge in [-0.25, -0.2) is 14.8 Å². The predicted molar refractivity (Wildman–Crippen MR) is 82.4 cm³/mol. The smallest absolute Gasteiger partial charge is 0.341 e. The van der Waals surface area contributed by atoms with Crippen LogP contribution in [0.25, 0.3) is 0 Å². The zero-order valence-corrected chi connectivity index (χ0v) is 13.0. The number of aryl methyl sites for hydroxylation is 1. The Kier molecular flexibility index (Phi) is 5.96. The molecule has 1 saturated carbocycles. The van der Waals surface area contributed by atoms with E-state index in [9.17, 15) is 4.79 Å². The van der Waals surface area contributed by atoms with Crippen molar-refractivity contribution in [1.82, 2.24) is 9.97 Å². The highest BCUT2D eigenvalue weighted by molar-refractivity contribution is 5.90. The van der Waals surface area contributed by atoms with Crippen LogP contribution in [0.1, 0.15) is 61.5 Å². The summed E-state index contributed by atoms with van der Waals surface area (Å²) >= 11 is 0. The third-order valence-corrected chi connectivity index (χ3v) is 4.04. The molecule has 5 nitrogen and oxygen atoms in total. The molecule has 0 bridgehead atoms. The predicted octanol–water partition coefficient (Wildman–Crippen LogP) is 3.34. The van der Waals surface area contributed by atoms with E-state index in [2.05, 4.69) is 15.3 Å². The van der Waals surface area contributed by atoms with Crippen LogP contribution in [-0.2, 0) is 4.74 Å². The monoisotopic (exact) mass is 291 g/mol. The largest absolute Gasteiger partial charge is 0.462 e. The lowest BCUT2D eigenvalue weighted by molar-refractivity contribution is 0.0524. The van der Waals surface area contributed by atoms with Gasteiger partial charge in [-0.15, -0.1) is 0 Å². The summed E-state index contributed by atoms with van der Waals surface area (Å²) in [5, 5.41) is 3.26. The number of carbonyl (C=O) groups excluding carboxylic acids is 1. The van der Waals surface area contributed by atoms with Crippen LogP contribution in [0.3, 0.4) is 0 Å². The number of hydrogen-bond acceptors (Lipinski definition) is 5. The van der Waals surface area contributed by atoms with Crippen molar-refractivity contribution in [3.05, 3.63) is 17.5 Å². The molecule has 1 fully saturated rings. The standard InChI is InChI=1S/C16H25N3O2/c1-3-21-15(20)14-11-18-16(19-12(14)2)17-10-9-13-7-5-4-6-8-13/h11,13H,3-10H2,1-2H3,(H,17,18,19). The molecule has 0 aliphatic heterocycles. The summed E-state index contributed by atoms with van der Waals surface area (Å²) in [5.74, 6) is 1.08. The molecule has 116 valence electrons. The first-order valence-corrected chi connectivity index (χ1v) is 7.95. The van der Waals surface area contributed by atoms with E-state index in [1.807, 2.05) is 0 Å². The van der Waals surface area contributed by atoms with E-state index in [-0.39, 0.29) is 5.97 Å². The van der Waals surface area contributed by atoms with Gasteiger partial charge >= 0.3 is 5.97 Å². The highest BCUT2D eigenvalue weighted by Crippen LogP contribution is 2.26. The van der Waals surface area contributed by atoms with Crippen LogP contribution >= 0.6 is 0 Å². The van der Waals surface area contributed by atoms with Crippen LogP contribution < -0.4 is 5.32 Å². The molecule has 2 rings (SSSR count). The van der Waals surface area contributed by atoms with Gasteiger partial charge < -0.3 is 10.1 Å². The third-order valence-electron chi connectivity index (χ3n) is 4.04. The zero-order chi connectivity index (χ0) is 15.1. The Balaban J connectivity index is 1.83. The first-order chi connectivity index (χ1) is 10.2. The van der Waals surface area contributed by atoms with Crippen LogP contribution in [0.2, 0.25) is 0 Å². The number of aromatic nitrogens is 2. The Morgan fingerprint density at radius 2 is 2.14 bits per heavy atom. The lowest BCUT2D eigenvalue weighted by Crippen LogP contribution is -2.15. The summed E-state index contributed by atoms with van der Waals surface area (Å²) in [4.78, 5) is 20.2. The zero-order valence-electron chi connectivity index (χ0n) is 13.0. The van der Waals surface area contributed by atoms with Gasteiger partial charge in [0.1, 0.15) is 0 Å². The lowest BCUT2D eigenvalue weighted by Gasteiger charge is -2.21.